The zero-order valence-corrected chi connectivity index (χ0v) is 19.1. The molecule has 0 radical (unpaired) electrons. The number of ether oxygens (including phenoxy) is 2. The van der Waals surface area contributed by atoms with E-state index in [4.69, 9.17) is 26.2 Å². The summed E-state index contributed by atoms with van der Waals surface area (Å²) in [4.78, 5) is 16.8. The molecule has 2 aromatic heterocycles. The third kappa shape index (κ3) is 4.40. The van der Waals surface area contributed by atoms with Crippen molar-refractivity contribution in [3.05, 3.63) is 47.7 Å². The van der Waals surface area contributed by atoms with Gasteiger partial charge in [-0.1, -0.05) is 17.7 Å². The summed E-state index contributed by atoms with van der Waals surface area (Å²) < 4.78 is 29.3. The molecule has 3 N–H and O–H groups in total. The fraction of sp³-hybridized carbons (Fsp3) is 0.250. The van der Waals surface area contributed by atoms with Gasteiger partial charge >= 0.3 is 6.03 Å². The van der Waals surface area contributed by atoms with Gasteiger partial charge in [-0.05, 0) is 37.6 Å². The summed E-state index contributed by atoms with van der Waals surface area (Å²) in [6.07, 6.45) is 2.88. The van der Waals surface area contributed by atoms with Crippen molar-refractivity contribution in [3.63, 3.8) is 0 Å². The van der Waals surface area contributed by atoms with Crippen molar-refractivity contribution in [1.29, 1.82) is 0 Å². The van der Waals surface area contributed by atoms with Crippen LogP contribution in [0.15, 0.2) is 52.0 Å². The lowest BCUT2D eigenvalue weighted by Gasteiger charge is -2.16. The number of halogens is 1. The summed E-state index contributed by atoms with van der Waals surface area (Å²) in [6, 6.07) is 7.51. The Bertz CT molecular complexity index is 1330. The van der Waals surface area contributed by atoms with Gasteiger partial charge in [0.2, 0.25) is 11.8 Å². The van der Waals surface area contributed by atoms with Crippen LogP contribution in [0.25, 0.3) is 11.1 Å². The van der Waals surface area contributed by atoms with Crippen molar-refractivity contribution in [2.75, 3.05) is 12.4 Å². The number of carbonyl (C=O) groups is 1. The first kappa shape index (κ1) is 22.1. The van der Waals surface area contributed by atoms with E-state index in [-0.39, 0.29) is 10.8 Å². The fourth-order valence-corrected chi connectivity index (χ4v) is 4.46. The number of hydrogen-bond acceptors (Lipinski definition) is 6. The molecule has 1 aliphatic rings. The third-order valence-electron chi connectivity index (χ3n) is 4.67. The Morgan fingerprint density at radius 3 is 2.91 bits per heavy atom. The minimum Gasteiger partial charge on any atom is -0.481 e. The van der Waals surface area contributed by atoms with Crippen LogP contribution in [0.3, 0.4) is 0 Å². The topological polar surface area (TPSA) is 134 Å². The summed E-state index contributed by atoms with van der Waals surface area (Å²) in [7, 11) is -2.11. The van der Waals surface area contributed by atoms with E-state index in [1.807, 2.05) is 13.8 Å². The zero-order valence-electron chi connectivity index (χ0n) is 17.5. The first-order chi connectivity index (χ1) is 15.1. The van der Waals surface area contributed by atoms with Gasteiger partial charge in [0, 0.05) is 22.8 Å². The summed E-state index contributed by atoms with van der Waals surface area (Å²) in [6.45, 7) is 4.19. The molecule has 3 aromatic rings. The van der Waals surface area contributed by atoms with Gasteiger partial charge in [0.25, 0.3) is 0 Å². The number of benzene rings is 1. The molecule has 1 aromatic carbocycles. The van der Waals surface area contributed by atoms with E-state index in [1.165, 1.54) is 13.3 Å². The number of hydrogen-bond donors (Lipinski definition) is 2. The summed E-state index contributed by atoms with van der Waals surface area (Å²) in [5.41, 5.74) is 1.19. The van der Waals surface area contributed by atoms with Crippen LogP contribution in [0.2, 0.25) is 5.02 Å². The van der Waals surface area contributed by atoms with Crippen LogP contribution in [0.4, 0.5) is 10.5 Å². The van der Waals surface area contributed by atoms with E-state index in [1.54, 1.807) is 41.2 Å². The standard InChI is InChI=1S/C20H21ClN6O4S/c1-20(2)11-27-18(31-20)16(10-24-27)32(22,29)26-19(28)25-15-9-13(21)4-5-14(15)12-6-7-23-17(8-12)30-3/h4-10H,11H2,1-3H3,(H3,22,25,26,28,29)/t32-/m0/s1. The van der Waals surface area contributed by atoms with Gasteiger partial charge in [0.05, 0.1) is 25.5 Å². The molecule has 32 heavy (non-hydrogen) atoms. The Morgan fingerprint density at radius 1 is 1.38 bits per heavy atom. The van der Waals surface area contributed by atoms with Crippen LogP contribution in [0, 0.1) is 0 Å². The Morgan fingerprint density at radius 2 is 2.16 bits per heavy atom. The Kier molecular flexibility index (Phi) is 5.57. The second-order valence-electron chi connectivity index (χ2n) is 7.70. The highest BCUT2D eigenvalue weighted by Crippen LogP contribution is 2.35. The molecule has 0 saturated heterocycles. The normalized spacial score (nSPS) is 15.9. The number of anilines is 1. The molecule has 12 heteroatoms. The monoisotopic (exact) mass is 476 g/mol. The minimum absolute atomic E-state index is 0.0587. The van der Waals surface area contributed by atoms with Crippen LogP contribution in [0.5, 0.6) is 11.8 Å². The van der Waals surface area contributed by atoms with E-state index in [2.05, 4.69) is 19.8 Å². The van der Waals surface area contributed by atoms with E-state index >= 15 is 0 Å². The van der Waals surface area contributed by atoms with Gasteiger partial charge in [0.1, 0.15) is 10.5 Å². The Balaban J connectivity index is 1.66. The molecular weight excluding hydrogens is 456 g/mol. The maximum Gasteiger partial charge on any atom is 0.354 e. The predicted octanol–water partition coefficient (Wildman–Crippen LogP) is 3.71. The molecule has 0 saturated carbocycles. The van der Waals surface area contributed by atoms with Crippen molar-refractivity contribution in [3.8, 4) is 22.9 Å². The molecule has 1 aliphatic heterocycles. The highest BCUT2D eigenvalue weighted by Gasteiger charge is 2.35. The molecular formula is C20H21ClN6O4S. The number of pyridine rings is 1. The molecule has 0 unspecified atom stereocenters. The first-order valence-corrected chi connectivity index (χ1v) is 11.4. The molecule has 4 rings (SSSR count). The number of nitrogens with zero attached hydrogens (tertiary/aromatic N) is 4. The highest BCUT2D eigenvalue weighted by atomic mass is 35.5. The first-order valence-electron chi connectivity index (χ1n) is 9.49. The van der Waals surface area contributed by atoms with Crippen molar-refractivity contribution < 1.29 is 18.5 Å². The average Bonchev–Trinajstić information content (AvgIpc) is 3.22. The average molecular weight is 477 g/mol. The number of carbonyl (C=O) groups excluding carboxylic acids is 1. The molecule has 0 spiro atoms. The molecule has 168 valence electrons. The van der Waals surface area contributed by atoms with E-state index in [9.17, 15) is 9.00 Å². The van der Waals surface area contributed by atoms with E-state index < -0.39 is 21.5 Å². The molecule has 0 fully saturated rings. The van der Waals surface area contributed by atoms with Crippen LogP contribution in [-0.4, -0.2) is 37.7 Å². The second kappa shape index (κ2) is 8.08. The van der Waals surface area contributed by atoms with Gasteiger partial charge < -0.3 is 14.8 Å². The predicted molar refractivity (Wildman–Crippen MR) is 120 cm³/mol. The summed E-state index contributed by atoms with van der Waals surface area (Å²) >= 11 is 6.12. The van der Waals surface area contributed by atoms with Crippen molar-refractivity contribution in [2.45, 2.75) is 30.9 Å². The number of fused-ring (bicyclic) bond motifs is 1. The van der Waals surface area contributed by atoms with Crippen molar-refractivity contribution in [1.82, 2.24) is 14.8 Å². The third-order valence-corrected chi connectivity index (χ3v) is 6.26. The number of rotatable bonds is 4. The molecule has 2 amide bonds. The van der Waals surface area contributed by atoms with Crippen LogP contribution < -0.4 is 19.9 Å². The molecule has 0 bridgehead atoms. The number of aromatic nitrogens is 3. The fourth-order valence-electron chi connectivity index (χ4n) is 3.30. The number of methoxy groups -OCH3 is 1. The van der Waals surface area contributed by atoms with Gasteiger partial charge in [-0.3, -0.25) is 0 Å². The van der Waals surface area contributed by atoms with Gasteiger partial charge in [-0.15, -0.1) is 4.36 Å². The lowest BCUT2D eigenvalue weighted by atomic mass is 10.0. The molecule has 0 aliphatic carbocycles. The maximum absolute atomic E-state index is 13.1. The largest absolute Gasteiger partial charge is 0.481 e. The zero-order chi connectivity index (χ0) is 23.1. The summed E-state index contributed by atoms with van der Waals surface area (Å²) in [5.74, 6) is 0.647. The maximum atomic E-state index is 13.1. The lowest BCUT2D eigenvalue weighted by Crippen LogP contribution is -2.27. The number of nitrogens with two attached hydrogens (primary N) is 1. The van der Waals surface area contributed by atoms with E-state index in [0.29, 0.717) is 28.7 Å². The van der Waals surface area contributed by atoms with Crippen LogP contribution in [-0.2, 0) is 16.5 Å². The number of urea groups is 1. The lowest BCUT2D eigenvalue weighted by molar-refractivity contribution is 0.132. The SMILES string of the molecule is COc1cc(-c2ccc(Cl)cc2NC(=O)N=[S@](N)(=O)c2cnn3c2OC(C)(C)C3)ccn1. The van der Waals surface area contributed by atoms with Crippen molar-refractivity contribution in [2.24, 2.45) is 9.50 Å². The Hall–Kier alpha value is -3.15. The van der Waals surface area contributed by atoms with Gasteiger partial charge in [0.15, 0.2) is 9.92 Å². The van der Waals surface area contributed by atoms with Crippen LogP contribution >= 0.6 is 11.6 Å². The number of nitrogens with one attached hydrogen (secondary N) is 1. The van der Waals surface area contributed by atoms with Crippen molar-refractivity contribution >= 4 is 33.2 Å². The molecule has 10 nitrogen and oxygen atoms in total. The van der Waals surface area contributed by atoms with Crippen LogP contribution in [0.1, 0.15) is 13.8 Å². The quantitative estimate of drug-likeness (QED) is 0.589. The number of amides is 2. The highest BCUT2D eigenvalue weighted by molar-refractivity contribution is 7.91. The van der Waals surface area contributed by atoms with Gasteiger partial charge in [-0.2, -0.15) is 5.10 Å². The molecule has 3 heterocycles. The smallest absolute Gasteiger partial charge is 0.354 e. The van der Waals surface area contributed by atoms with Gasteiger partial charge in [-0.25, -0.2) is 23.8 Å². The second-order valence-corrected chi connectivity index (χ2v) is 9.90. The minimum atomic E-state index is -3.62. The molecule has 1 atom stereocenters. The Labute approximate surface area is 190 Å². The summed E-state index contributed by atoms with van der Waals surface area (Å²) in [5, 5.41) is 13.1. The van der Waals surface area contributed by atoms with E-state index in [0.717, 1.165) is 5.56 Å².